The molecule has 1 amide bonds. The monoisotopic (exact) mass is 296 g/mol. The summed E-state index contributed by atoms with van der Waals surface area (Å²) in [6, 6.07) is 2.50. The lowest BCUT2D eigenvalue weighted by Gasteiger charge is -2.27. The molecule has 1 fully saturated rings. The Bertz CT molecular complexity index is 456. The molecule has 1 aromatic rings. The van der Waals surface area contributed by atoms with Crippen LogP contribution in [0.25, 0.3) is 0 Å². The Morgan fingerprint density at radius 1 is 1.55 bits per heavy atom. The van der Waals surface area contributed by atoms with Gasteiger partial charge in [-0.1, -0.05) is 6.42 Å². The van der Waals surface area contributed by atoms with E-state index < -0.39 is 5.54 Å². The van der Waals surface area contributed by atoms with Crippen LogP contribution in [-0.2, 0) is 4.79 Å². The van der Waals surface area contributed by atoms with Crippen molar-refractivity contribution in [2.24, 2.45) is 5.73 Å². The number of carbonyl (C=O) groups excluding carboxylic acids is 1. The fraction of sp³-hybridized carbons (Fsp3) is 0.667. The second-order valence-electron chi connectivity index (χ2n) is 5.76. The molecule has 2 rings (SSSR count). The van der Waals surface area contributed by atoms with Crippen LogP contribution in [0.5, 0.6) is 0 Å². The summed E-state index contributed by atoms with van der Waals surface area (Å²) < 4.78 is 5.27. The average Bonchev–Trinajstić information content (AvgIpc) is 3.10. The highest BCUT2D eigenvalue weighted by Crippen LogP contribution is 2.27. The minimum atomic E-state index is -0.544. The lowest BCUT2D eigenvalue weighted by molar-refractivity contribution is -0.124. The van der Waals surface area contributed by atoms with Crippen molar-refractivity contribution in [3.8, 4) is 0 Å². The number of hydrogen-bond donors (Lipinski definition) is 2. The molecule has 1 unspecified atom stereocenters. The molecule has 0 aromatic carbocycles. The van der Waals surface area contributed by atoms with E-state index >= 15 is 0 Å². The van der Waals surface area contributed by atoms with Crippen LogP contribution in [0.15, 0.2) is 21.6 Å². The second-order valence-corrected chi connectivity index (χ2v) is 6.90. The highest BCUT2D eigenvalue weighted by Gasteiger charge is 2.36. The van der Waals surface area contributed by atoms with Crippen LogP contribution in [-0.4, -0.2) is 23.2 Å². The summed E-state index contributed by atoms with van der Waals surface area (Å²) in [5.41, 5.74) is 5.00. The van der Waals surface area contributed by atoms with Gasteiger partial charge in [-0.25, -0.2) is 0 Å². The first-order valence-electron chi connectivity index (χ1n) is 7.26. The van der Waals surface area contributed by atoms with Gasteiger partial charge in [0, 0.05) is 10.9 Å². The predicted molar refractivity (Wildman–Crippen MR) is 81.8 cm³/mol. The Morgan fingerprint density at radius 3 is 2.85 bits per heavy atom. The van der Waals surface area contributed by atoms with E-state index in [1.165, 1.54) is 17.7 Å². The summed E-state index contributed by atoms with van der Waals surface area (Å²) in [5.74, 6) is 1.79. The third-order valence-electron chi connectivity index (χ3n) is 3.78. The Balaban J connectivity index is 1.68. The number of hydrogen-bond acceptors (Lipinski definition) is 4. The van der Waals surface area contributed by atoms with Crippen molar-refractivity contribution in [1.82, 2.24) is 5.32 Å². The van der Waals surface area contributed by atoms with Crippen molar-refractivity contribution in [2.75, 3.05) is 5.75 Å². The first-order valence-corrected chi connectivity index (χ1v) is 8.24. The van der Waals surface area contributed by atoms with Crippen LogP contribution in [0, 0.1) is 6.92 Å². The van der Waals surface area contributed by atoms with Crippen LogP contribution in [0.3, 0.4) is 0 Å². The molecule has 5 heteroatoms. The zero-order chi connectivity index (χ0) is 14.6. The van der Waals surface area contributed by atoms with Crippen LogP contribution < -0.4 is 11.1 Å². The van der Waals surface area contributed by atoms with E-state index in [2.05, 4.69) is 5.32 Å². The summed E-state index contributed by atoms with van der Waals surface area (Å²) in [6.45, 7) is 3.91. The number of nitrogens with two attached hydrogens (primary N) is 1. The molecule has 1 aromatic heterocycles. The zero-order valence-electron chi connectivity index (χ0n) is 12.3. The maximum atomic E-state index is 11.6. The number of thioether (sulfide) groups is 1. The molecule has 4 nitrogen and oxygen atoms in total. The number of primary amides is 1. The molecule has 1 aliphatic carbocycles. The summed E-state index contributed by atoms with van der Waals surface area (Å²) >= 11 is 1.81. The highest BCUT2D eigenvalue weighted by molar-refractivity contribution is 7.99. The molecule has 0 saturated heterocycles. The summed E-state index contributed by atoms with van der Waals surface area (Å²) in [4.78, 5) is 12.8. The van der Waals surface area contributed by atoms with Crippen LogP contribution in [0.4, 0.5) is 0 Å². The van der Waals surface area contributed by atoms with Gasteiger partial charge in [-0.15, -0.1) is 11.8 Å². The Kier molecular flexibility index (Phi) is 5.16. The van der Waals surface area contributed by atoms with E-state index in [0.717, 1.165) is 30.8 Å². The van der Waals surface area contributed by atoms with Crippen LogP contribution in [0.2, 0.25) is 0 Å². The Labute approximate surface area is 124 Å². The number of unbranched alkanes of at least 4 members (excludes halogenated alkanes) is 1. The number of nitrogens with one attached hydrogen (secondary N) is 1. The minimum Gasteiger partial charge on any atom is -0.468 e. The maximum absolute atomic E-state index is 11.6. The average molecular weight is 296 g/mol. The zero-order valence-corrected chi connectivity index (χ0v) is 13.1. The molecule has 112 valence electrons. The fourth-order valence-electron chi connectivity index (χ4n) is 2.23. The van der Waals surface area contributed by atoms with Gasteiger partial charge in [0.1, 0.15) is 5.76 Å². The van der Waals surface area contributed by atoms with Gasteiger partial charge in [-0.2, -0.15) is 0 Å². The van der Waals surface area contributed by atoms with Crippen molar-refractivity contribution in [3.63, 3.8) is 0 Å². The van der Waals surface area contributed by atoms with Crippen molar-refractivity contribution in [1.29, 1.82) is 0 Å². The molecular weight excluding hydrogens is 272 g/mol. The summed E-state index contributed by atoms with van der Waals surface area (Å²) in [5, 5.41) is 3.38. The molecule has 1 atom stereocenters. The summed E-state index contributed by atoms with van der Waals surface area (Å²) in [7, 11) is 0. The van der Waals surface area contributed by atoms with E-state index in [1.54, 1.807) is 6.26 Å². The van der Waals surface area contributed by atoms with Gasteiger partial charge in [0.15, 0.2) is 0 Å². The van der Waals surface area contributed by atoms with Crippen molar-refractivity contribution in [3.05, 3.63) is 18.1 Å². The van der Waals surface area contributed by atoms with Gasteiger partial charge in [-0.05, 0) is 51.3 Å². The van der Waals surface area contributed by atoms with Crippen LogP contribution >= 0.6 is 11.8 Å². The van der Waals surface area contributed by atoms with Crippen molar-refractivity contribution in [2.45, 2.75) is 62.4 Å². The standard InChI is InChI=1S/C15H24N2O2S/c1-11-13(7-9-19-11)20-10-4-3-8-15(2,14(16)18)17-12-5-6-12/h7,9,12,17H,3-6,8,10H2,1-2H3,(H2,16,18). The molecule has 20 heavy (non-hydrogen) atoms. The van der Waals surface area contributed by atoms with E-state index in [0.29, 0.717) is 6.04 Å². The highest BCUT2D eigenvalue weighted by atomic mass is 32.2. The van der Waals surface area contributed by atoms with Crippen molar-refractivity contribution < 1.29 is 9.21 Å². The third kappa shape index (κ3) is 4.28. The largest absolute Gasteiger partial charge is 0.468 e. The molecule has 0 radical (unpaired) electrons. The maximum Gasteiger partial charge on any atom is 0.237 e. The van der Waals surface area contributed by atoms with Crippen LogP contribution in [0.1, 0.15) is 44.8 Å². The first-order chi connectivity index (χ1) is 9.51. The number of rotatable bonds is 9. The molecule has 0 bridgehead atoms. The van der Waals surface area contributed by atoms with E-state index in [4.69, 9.17) is 10.2 Å². The quantitative estimate of drug-likeness (QED) is 0.543. The molecular formula is C15H24N2O2S. The number of amides is 1. The lowest BCUT2D eigenvalue weighted by Crippen LogP contribution is -2.53. The molecule has 0 aliphatic heterocycles. The lowest BCUT2D eigenvalue weighted by atomic mass is 9.94. The number of carbonyl (C=O) groups is 1. The van der Waals surface area contributed by atoms with Gasteiger partial charge < -0.3 is 15.5 Å². The number of furan rings is 1. The van der Waals surface area contributed by atoms with Crippen molar-refractivity contribution >= 4 is 17.7 Å². The van der Waals surface area contributed by atoms with E-state index in [9.17, 15) is 4.79 Å². The van der Waals surface area contributed by atoms with E-state index in [-0.39, 0.29) is 5.91 Å². The van der Waals surface area contributed by atoms with E-state index in [1.807, 2.05) is 31.7 Å². The van der Waals surface area contributed by atoms with Gasteiger partial charge in [0.2, 0.25) is 5.91 Å². The third-order valence-corrected chi connectivity index (χ3v) is 5.01. The summed E-state index contributed by atoms with van der Waals surface area (Å²) in [6.07, 6.45) is 6.94. The molecule has 0 spiro atoms. The Morgan fingerprint density at radius 2 is 2.30 bits per heavy atom. The fourth-order valence-corrected chi connectivity index (χ4v) is 3.20. The van der Waals surface area contributed by atoms with Gasteiger partial charge in [0.05, 0.1) is 11.8 Å². The SMILES string of the molecule is Cc1occc1SCCCCC(C)(NC1CC1)C(N)=O. The topological polar surface area (TPSA) is 68.3 Å². The predicted octanol–water partition coefficient (Wildman–Crippen LogP) is 2.85. The molecule has 3 N–H and O–H groups in total. The second kappa shape index (κ2) is 6.68. The molecule has 1 aliphatic rings. The number of aryl methyl sites for hydroxylation is 1. The molecule has 1 saturated carbocycles. The molecule has 1 heterocycles. The normalized spacial score (nSPS) is 17.9. The first kappa shape index (κ1) is 15.4. The van der Waals surface area contributed by atoms with Gasteiger partial charge in [-0.3, -0.25) is 4.79 Å². The van der Waals surface area contributed by atoms with Gasteiger partial charge in [0.25, 0.3) is 0 Å². The smallest absolute Gasteiger partial charge is 0.237 e. The minimum absolute atomic E-state index is 0.234. The Hall–Kier alpha value is -0.940. The van der Waals surface area contributed by atoms with Gasteiger partial charge >= 0.3 is 0 Å².